The molecule has 0 radical (unpaired) electrons. The number of fused-ring (bicyclic) bond motifs is 1. The van der Waals surface area contributed by atoms with Gasteiger partial charge in [-0.1, -0.05) is 29.2 Å². The smallest absolute Gasteiger partial charge is 0.275 e. The first kappa shape index (κ1) is 23.1. The summed E-state index contributed by atoms with van der Waals surface area (Å²) < 4.78 is 18.0. The van der Waals surface area contributed by atoms with Gasteiger partial charge in [-0.2, -0.15) is 0 Å². The minimum absolute atomic E-state index is 0.229. The largest absolute Gasteiger partial charge is 0.278 e. The van der Waals surface area contributed by atoms with Gasteiger partial charge in [0.05, 0.1) is 16.4 Å². The van der Waals surface area contributed by atoms with Crippen molar-refractivity contribution < 1.29 is 4.39 Å². The highest BCUT2D eigenvalue weighted by atomic mass is 32.2. The Kier molecular flexibility index (Phi) is 6.24. The molecule has 0 atom stereocenters. The summed E-state index contributed by atoms with van der Waals surface area (Å²) >= 11 is 9.90. The van der Waals surface area contributed by atoms with Crippen LogP contribution in [0.25, 0.3) is 21.7 Å². The molecule has 0 N–H and O–H groups in total. The molecule has 34 heavy (non-hydrogen) atoms. The average Bonchev–Trinajstić information content (AvgIpc) is 3.37. The normalized spacial score (nSPS) is 11.4. The van der Waals surface area contributed by atoms with Crippen molar-refractivity contribution in [2.45, 2.75) is 31.7 Å². The van der Waals surface area contributed by atoms with E-state index >= 15 is 0 Å². The maximum absolute atomic E-state index is 13.7. The van der Waals surface area contributed by atoms with Crippen molar-refractivity contribution in [3.05, 3.63) is 89.8 Å². The molecule has 5 rings (SSSR count). The number of thioether (sulfide) groups is 1. The molecule has 0 aliphatic heterocycles. The molecular formula is C24H19FN4OS4. The van der Waals surface area contributed by atoms with Crippen molar-refractivity contribution in [2.24, 2.45) is 0 Å². The van der Waals surface area contributed by atoms with E-state index < -0.39 is 0 Å². The number of aromatic nitrogens is 4. The minimum atomic E-state index is -0.366. The Morgan fingerprint density at radius 2 is 1.74 bits per heavy atom. The summed E-state index contributed by atoms with van der Waals surface area (Å²) in [5.41, 5.74) is 4.95. The third-order valence-corrected chi connectivity index (χ3v) is 8.57. The van der Waals surface area contributed by atoms with Crippen LogP contribution in [0, 0.1) is 30.5 Å². The van der Waals surface area contributed by atoms with Crippen LogP contribution >= 0.6 is 46.7 Å². The first-order chi connectivity index (χ1) is 16.3. The Morgan fingerprint density at radius 1 is 1.00 bits per heavy atom. The number of benzene rings is 2. The summed E-state index contributed by atoms with van der Waals surface area (Å²) in [5, 5.41) is 3.49. The summed E-state index contributed by atoms with van der Waals surface area (Å²) in [5.74, 6) is 0.187. The second kappa shape index (κ2) is 9.18. The molecule has 5 aromatic rings. The molecule has 10 heteroatoms. The Balaban J connectivity index is 1.73. The molecular weight excluding hydrogens is 508 g/mol. The number of hydrogen-bond acceptors (Lipinski definition) is 7. The van der Waals surface area contributed by atoms with Crippen LogP contribution < -0.4 is 5.56 Å². The minimum Gasteiger partial charge on any atom is -0.275 e. The topological polar surface area (TPSA) is 52.7 Å². The van der Waals surface area contributed by atoms with Crippen LogP contribution in [0.3, 0.4) is 0 Å². The molecule has 0 unspecified atom stereocenters. The Hall–Kier alpha value is -2.66. The summed E-state index contributed by atoms with van der Waals surface area (Å²) in [4.78, 5) is 23.2. The number of thiazole rings is 2. The lowest BCUT2D eigenvalue weighted by Crippen LogP contribution is -2.21. The van der Waals surface area contributed by atoms with Crippen molar-refractivity contribution in [3.63, 3.8) is 0 Å². The van der Waals surface area contributed by atoms with Crippen LogP contribution in [0.2, 0.25) is 0 Å². The van der Waals surface area contributed by atoms with E-state index in [9.17, 15) is 9.18 Å². The van der Waals surface area contributed by atoms with E-state index in [1.54, 1.807) is 23.5 Å². The lowest BCUT2D eigenvalue weighted by atomic mass is 10.1. The fraction of sp³-hybridized carbons (Fsp3) is 0.167. The second-order valence-corrected chi connectivity index (χ2v) is 11.4. The van der Waals surface area contributed by atoms with Gasteiger partial charge in [-0.25, -0.2) is 14.4 Å². The zero-order valence-electron chi connectivity index (χ0n) is 18.5. The van der Waals surface area contributed by atoms with Crippen LogP contribution in [0.15, 0.2) is 57.8 Å². The first-order valence-electron chi connectivity index (χ1n) is 10.4. The number of hydrogen-bond donors (Lipinski definition) is 0. The van der Waals surface area contributed by atoms with E-state index in [2.05, 4.69) is 18.0 Å². The lowest BCUT2D eigenvalue weighted by Gasteiger charge is -2.13. The van der Waals surface area contributed by atoms with Gasteiger partial charge in [0.1, 0.15) is 10.5 Å². The third-order valence-electron chi connectivity index (χ3n) is 5.43. The van der Waals surface area contributed by atoms with Crippen LogP contribution in [0.5, 0.6) is 0 Å². The number of halogens is 1. The molecule has 0 saturated heterocycles. The lowest BCUT2D eigenvalue weighted by molar-refractivity contribution is 0.627. The molecule has 0 aliphatic rings. The molecule has 3 heterocycles. The number of rotatable bonds is 5. The van der Waals surface area contributed by atoms with Gasteiger partial charge in [0.2, 0.25) is 0 Å². The van der Waals surface area contributed by atoms with E-state index in [4.69, 9.17) is 17.2 Å². The average molecular weight is 527 g/mol. The maximum Gasteiger partial charge on any atom is 0.278 e. The Labute approximate surface area is 212 Å². The Morgan fingerprint density at radius 3 is 2.41 bits per heavy atom. The standard InChI is InChI=1S/C24H19FN4OS4/c1-13-4-7-19(10-14(13)2)28-21-20(34-24(28)31)22(30)29(18-8-5-16(25)6-9-18)23(27-21)33-12-17-11-32-15(3)26-17/h4-11H,12H2,1-3H3. The van der Waals surface area contributed by atoms with Gasteiger partial charge >= 0.3 is 0 Å². The van der Waals surface area contributed by atoms with Crippen molar-refractivity contribution in [1.29, 1.82) is 0 Å². The molecule has 2 aromatic carbocycles. The summed E-state index contributed by atoms with van der Waals surface area (Å²) in [6, 6.07) is 11.9. The molecule has 0 fully saturated rings. The zero-order chi connectivity index (χ0) is 24.0. The first-order valence-corrected chi connectivity index (χ1v) is 13.5. The molecule has 0 aliphatic carbocycles. The summed E-state index contributed by atoms with van der Waals surface area (Å²) in [6.45, 7) is 6.06. The fourth-order valence-corrected chi connectivity index (χ4v) is 6.47. The van der Waals surface area contributed by atoms with Gasteiger partial charge in [-0.05, 0) is 80.5 Å². The zero-order valence-corrected chi connectivity index (χ0v) is 21.8. The van der Waals surface area contributed by atoms with Gasteiger partial charge in [0, 0.05) is 16.8 Å². The van der Waals surface area contributed by atoms with Crippen molar-refractivity contribution >= 4 is 57.0 Å². The number of nitrogens with zero attached hydrogens (tertiary/aromatic N) is 4. The van der Waals surface area contributed by atoms with Crippen LogP contribution in [0.4, 0.5) is 4.39 Å². The van der Waals surface area contributed by atoms with E-state index in [1.807, 2.05) is 35.9 Å². The van der Waals surface area contributed by atoms with Gasteiger partial charge < -0.3 is 0 Å². The van der Waals surface area contributed by atoms with Gasteiger partial charge in [-0.15, -0.1) is 11.3 Å². The SMILES string of the molecule is Cc1nc(CSc2nc3c(sc(=S)n3-c3ccc(C)c(C)c3)c(=O)n2-c2ccc(F)cc2)cs1. The predicted molar refractivity (Wildman–Crippen MR) is 141 cm³/mol. The molecule has 0 bridgehead atoms. The fourth-order valence-electron chi connectivity index (χ4n) is 3.56. The number of aryl methyl sites for hydroxylation is 3. The van der Waals surface area contributed by atoms with Crippen LogP contribution in [0.1, 0.15) is 21.8 Å². The highest BCUT2D eigenvalue weighted by molar-refractivity contribution is 7.98. The molecule has 0 amide bonds. The Bertz CT molecular complexity index is 1650. The quantitative estimate of drug-likeness (QED) is 0.144. The maximum atomic E-state index is 13.7. The van der Waals surface area contributed by atoms with Gasteiger partial charge in [0.25, 0.3) is 5.56 Å². The third kappa shape index (κ3) is 4.26. The molecule has 3 aromatic heterocycles. The van der Waals surface area contributed by atoms with Crippen molar-refractivity contribution in [1.82, 2.24) is 19.1 Å². The van der Waals surface area contributed by atoms with E-state index in [-0.39, 0.29) is 11.4 Å². The van der Waals surface area contributed by atoms with Gasteiger partial charge in [0.15, 0.2) is 14.8 Å². The summed E-state index contributed by atoms with van der Waals surface area (Å²) in [6.07, 6.45) is 0. The van der Waals surface area contributed by atoms with Crippen molar-refractivity contribution in [2.75, 3.05) is 0 Å². The highest BCUT2D eigenvalue weighted by Gasteiger charge is 2.19. The van der Waals surface area contributed by atoms with Gasteiger partial charge in [-0.3, -0.25) is 13.9 Å². The van der Waals surface area contributed by atoms with E-state index in [0.29, 0.717) is 30.9 Å². The molecule has 0 spiro atoms. The van der Waals surface area contributed by atoms with Crippen molar-refractivity contribution in [3.8, 4) is 11.4 Å². The predicted octanol–water partition coefficient (Wildman–Crippen LogP) is 6.78. The highest BCUT2D eigenvalue weighted by Crippen LogP contribution is 2.29. The monoisotopic (exact) mass is 526 g/mol. The molecule has 5 nitrogen and oxygen atoms in total. The van der Waals surface area contributed by atoms with Crippen LogP contribution in [-0.2, 0) is 5.75 Å². The van der Waals surface area contributed by atoms with E-state index in [1.165, 1.54) is 45.4 Å². The van der Waals surface area contributed by atoms with Crippen LogP contribution in [-0.4, -0.2) is 19.1 Å². The summed E-state index contributed by atoms with van der Waals surface area (Å²) in [7, 11) is 0. The molecule has 0 saturated carbocycles. The van der Waals surface area contributed by atoms with E-state index in [0.717, 1.165) is 22.0 Å². The molecule has 172 valence electrons. The second-order valence-electron chi connectivity index (χ2n) is 7.78.